The summed E-state index contributed by atoms with van der Waals surface area (Å²) in [4.78, 5) is 17.1. The van der Waals surface area contributed by atoms with Crippen LogP contribution >= 0.6 is 0 Å². The normalized spacial score (nSPS) is 15.3. The highest BCUT2D eigenvalue weighted by Gasteiger charge is 2.18. The van der Waals surface area contributed by atoms with Crippen LogP contribution in [0.2, 0.25) is 0 Å². The number of amides is 1. The highest BCUT2D eigenvalue weighted by Crippen LogP contribution is 2.17. The number of carbonyl (C=O) groups excluding carboxylic acids is 1. The Morgan fingerprint density at radius 3 is 2.19 bits per heavy atom. The van der Waals surface area contributed by atoms with Gasteiger partial charge in [-0.3, -0.25) is 9.69 Å². The lowest BCUT2D eigenvalue weighted by molar-refractivity contribution is 0.0951. The molecule has 1 amide bonds. The van der Waals surface area contributed by atoms with Gasteiger partial charge in [-0.25, -0.2) is 17.1 Å². The Morgan fingerprint density at radius 1 is 1.00 bits per heavy atom. The molecule has 0 aromatic heterocycles. The first-order valence-electron chi connectivity index (χ1n) is 10.3. The number of piperazine rings is 1. The molecular formula is C22H29FN4O3S. The third-order valence-electron chi connectivity index (χ3n) is 5.40. The molecule has 1 fully saturated rings. The molecule has 1 heterocycles. The van der Waals surface area contributed by atoms with E-state index in [1.807, 2.05) is 12.1 Å². The third kappa shape index (κ3) is 6.03. The van der Waals surface area contributed by atoms with Crippen LogP contribution in [0.15, 0.2) is 53.4 Å². The third-order valence-corrected chi connectivity index (χ3v) is 7.23. The van der Waals surface area contributed by atoms with E-state index in [0.29, 0.717) is 12.1 Å². The quantitative estimate of drug-likeness (QED) is 0.626. The maximum Gasteiger partial charge on any atom is 0.251 e. The second-order valence-corrected chi connectivity index (χ2v) is 9.88. The van der Waals surface area contributed by atoms with Gasteiger partial charge in [0.2, 0.25) is 10.0 Å². The Balaban J connectivity index is 1.38. The molecule has 31 heavy (non-hydrogen) atoms. The molecule has 0 bridgehead atoms. The molecule has 0 spiro atoms. The number of benzene rings is 2. The Bertz CT molecular complexity index is 971. The minimum atomic E-state index is -3.50. The average Bonchev–Trinajstić information content (AvgIpc) is 2.77. The fourth-order valence-corrected chi connectivity index (χ4v) is 4.38. The van der Waals surface area contributed by atoms with Crippen LogP contribution in [0.4, 0.5) is 10.1 Å². The Kier molecular flexibility index (Phi) is 7.64. The van der Waals surface area contributed by atoms with Gasteiger partial charge in [0, 0.05) is 58.1 Å². The van der Waals surface area contributed by atoms with Crippen LogP contribution in [0.3, 0.4) is 0 Å². The van der Waals surface area contributed by atoms with Crippen molar-refractivity contribution in [1.82, 2.24) is 14.5 Å². The van der Waals surface area contributed by atoms with E-state index in [9.17, 15) is 17.6 Å². The minimum absolute atomic E-state index is 0.161. The summed E-state index contributed by atoms with van der Waals surface area (Å²) in [6.45, 7) is 5.06. The number of nitrogens with one attached hydrogen (secondary N) is 1. The van der Waals surface area contributed by atoms with Crippen molar-refractivity contribution in [3.05, 3.63) is 59.9 Å². The molecule has 2 aromatic rings. The predicted octanol–water partition coefficient (Wildman–Crippen LogP) is 2.02. The molecule has 1 aliphatic rings. The second kappa shape index (κ2) is 10.2. The lowest BCUT2D eigenvalue weighted by Gasteiger charge is -2.36. The number of hydrogen-bond acceptors (Lipinski definition) is 5. The standard InChI is InChI=1S/C22H29FN4O3S/c1-25(2)31(29,30)21-10-4-18(5-11-21)22(28)24-12-3-13-26-14-16-27(17-15-26)20-8-6-19(23)7-9-20/h4-11H,3,12-17H2,1-2H3,(H,24,28). The van der Waals surface area contributed by atoms with Crippen molar-refractivity contribution < 1.29 is 17.6 Å². The molecule has 0 radical (unpaired) electrons. The van der Waals surface area contributed by atoms with Crippen molar-refractivity contribution >= 4 is 21.6 Å². The summed E-state index contributed by atoms with van der Waals surface area (Å²) >= 11 is 0. The zero-order valence-electron chi connectivity index (χ0n) is 17.9. The fourth-order valence-electron chi connectivity index (χ4n) is 3.48. The van der Waals surface area contributed by atoms with E-state index in [4.69, 9.17) is 0 Å². The van der Waals surface area contributed by atoms with Gasteiger partial charge in [0.15, 0.2) is 0 Å². The van der Waals surface area contributed by atoms with Crippen LogP contribution in [0.5, 0.6) is 0 Å². The lowest BCUT2D eigenvalue weighted by Crippen LogP contribution is -2.47. The van der Waals surface area contributed by atoms with Gasteiger partial charge < -0.3 is 10.2 Å². The summed E-state index contributed by atoms with van der Waals surface area (Å²) in [5.41, 5.74) is 1.48. The number of rotatable bonds is 8. The van der Waals surface area contributed by atoms with Crippen LogP contribution in [-0.2, 0) is 10.0 Å². The van der Waals surface area contributed by atoms with Crippen molar-refractivity contribution in [2.75, 3.05) is 58.3 Å². The maximum absolute atomic E-state index is 13.1. The summed E-state index contributed by atoms with van der Waals surface area (Å²) in [6.07, 6.45) is 0.829. The monoisotopic (exact) mass is 448 g/mol. The highest BCUT2D eigenvalue weighted by atomic mass is 32.2. The SMILES string of the molecule is CN(C)S(=O)(=O)c1ccc(C(=O)NCCCN2CCN(c3ccc(F)cc3)CC2)cc1. The first kappa shape index (κ1) is 23.2. The van der Waals surface area contributed by atoms with Gasteiger partial charge in [0.25, 0.3) is 5.91 Å². The lowest BCUT2D eigenvalue weighted by atomic mass is 10.2. The number of nitrogens with zero attached hydrogens (tertiary/aromatic N) is 3. The summed E-state index contributed by atoms with van der Waals surface area (Å²) in [7, 11) is -0.559. The number of carbonyl (C=O) groups is 1. The number of sulfonamides is 1. The van der Waals surface area contributed by atoms with Crippen LogP contribution in [0, 0.1) is 5.82 Å². The van der Waals surface area contributed by atoms with Gasteiger partial charge >= 0.3 is 0 Å². The van der Waals surface area contributed by atoms with Crippen molar-refractivity contribution in [2.45, 2.75) is 11.3 Å². The Morgan fingerprint density at radius 2 is 1.61 bits per heavy atom. The molecule has 9 heteroatoms. The van der Waals surface area contributed by atoms with Gasteiger partial charge in [0.05, 0.1) is 4.90 Å². The largest absolute Gasteiger partial charge is 0.369 e. The second-order valence-electron chi connectivity index (χ2n) is 7.73. The Hall–Kier alpha value is -2.49. The van der Waals surface area contributed by atoms with Gasteiger partial charge in [-0.1, -0.05) is 0 Å². The zero-order valence-corrected chi connectivity index (χ0v) is 18.7. The number of anilines is 1. The number of hydrogen-bond donors (Lipinski definition) is 1. The summed E-state index contributed by atoms with van der Waals surface area (Å²) in [6, 6.07) is 12.5. The van der Waals surface area contributed by atoms with Gasteiger partial charge in [-0.05, 0) is 61.5 Å². The summed E-state index contributed by atoms with van der Waals surface area (Å²) in [5, 5.41) is 2.89. The van der Waals surface area contributed by atoms with Crippen molar-refractivity contribution in [3.8, 4) is 0 Å². The topological polar surface area (TPSA) is 73.0 Å². The van der Waals surface area contributed by atoms with Crippen LogP contribution in [0.25, 0.3) is 0 Å². The van der Waals surface area contributed by atoms with E-state index < -0.39 is 10.0 Å². The Labute approximate surface area is 183 Å². The summed E-state index contributed by atoms with van der Waals surface area (Å²) < 4.78 is 38.4. The summed E-state index contributed by atoms with van der Waals surface area (Å²) in [5.74, 6) is -0.436. The van der Waals surface area contributed by atoms with Crippen LogP contribution in [-0.4, -0.2) is 76.9 Å². The molecule has 2 aromatic carbocycles. The zero-order chi connectivity index (χ0) is 22.4. The first-order valence-corrected chi connectivity index (χ1v) is 11.7. The van der Waals surface area contributed by atoms with E-state index in [-0.39, 0.29) is 16.6 Å². The van der Waals surface area contributed by atoms with Crippen LogP contribution < -0.4 is 10.2 Å². The number of halogens is 1. The smallest absolute Gasteiger partial charge is 0.251 e. The van der Waals surface area contributed by atoms with Gasteiger partial charge in [-0.2, -0.15) is 0 Å². The molecule has 0 aliphatic carbocycles. The van der Waals surface area contributed by atoms with Crippen molar-refractivity contribution in [3.63, 3.8) is 0 Å². The highest BCUT2D eigenvalue weighted by molar-refractivity contribution is 7.89. The predicted molar refractivity (Wildman–Crippen MR) is 119 cm³/mol. The average molecular weight is 449 g/mol. The van der Waals surface area contributed by atoms with Gasteiger partial charge in [0.1, 0.15) is 5.82 Å². The molecule has 0 saturated carbocycles. The molecule has 168 valence electrons. The molecule has 3 rings (SSSR count). The molecule has 1 saturated heterocycles. The first-order chi connectivity index (χ1) is 14.8. The van der Waals surface area contributed by atoms with E-state index in [0.717, 1.165) is 49.1 Å². The van der Waals surface area contributed by atoms with Crippen molar-refractivity contribution in [1.29, 1.82) is 0 Å². The maximum atomic E-state index is 13.1. The molecule has 1 aliphatic heterocycles. The van der Waals surface area contributed by atoms with Crippen LogP contribution in [0.1, 0.15) is 16.8 Å². The fraction of sp³-hybridized carbons (Fsp3) is 0.409. The van der Waals surface area contributed by atoms with E-state index in [2.05, 4.69) is 15.1 Å². The molecule has 0 unspecified atom stereocenters. The van der Waals surface area contributed by atoms with E-state index >= 15 is 0 Å². The molecular weight excluding hydrogens is 419 g/mol. The minimum Gasteiger partial charge on any atom is -0.369 e. The van der Waals surface area contributed by atoms with Gasteiger partial charge in [-0.15, -0.1) is 0 Å². The van der Waals surface area contributed by atoms with E-state index in [1.165, 1.54) is 50.5 Å². The molecule has 0 atom stereocenters. The molecule has 1 N–H and O–H groups in total. The van der Waals surface area contributed by atoms with E-state index in [1.54, 1.807) is 0 Å². The molecule has 7 nitrogen and oxygen atoms in total. The van der Waals surface area contributed by atoms with Crippen molar-refractivity contribution in [2.24, 2.45) is 0 Å².